The monoisotopic (exact) mass is 399 g/mol. The Morgan fingerprint density at radius 3 is 2.62 bits per heavy atom. The van der Waals surface area contributed by atoms with Crippen LogP contribution in [0.5, 0.6) is 0 Å². The molecule has 0 saturated carbocycles. The first-order valence-corrected chi connectivity index (χ1v) is 9.02. The predicted molar refractivity (Wildman–Crippen MR) is 102 cm³/mol. The molecule has 0 bridgehead atoms. The Morgan fingerprint density at radius 1 is 1.21 bits per heavy atom. The van der Waals surface area contributed by atoms with E-state index in [9.17, 15) is 19.2 Å². The van der Waals surface area contributed by atoms with Gasteiger partial charge in [-0.2, -0.15) is 0 Å². The van der Waals surface area contributed by atoms with Gasteiger partial charge >= 0.3 is 5.97 Å². The van der Waals surface area contributed by atoms with Crippen LogP contribution in [0.3, 0.4) is 0 Å². The maximum absolute atomic E-state index is 12.5. The van der Waals surface area contributed by atoms with Crippen LogP contribution in [0.2, 0.25) is 0 Å². The molecule has 1 aliphatic heterocycles. The molecule has 3 amide bonds. The molecule has 1 aromatic carbocycles. The van der Waals surface area contributed by atoms with Crippen LogP contribution in [0.15, 0.2) is 47.1 Å². The molecule has 9 nitrogen and oxygen atoms in total. The molecule has 152 valence electrons. The van der Waals surface area contributed by atoms with E-state index in [4.69, 9.17) is 4.42 Å². The Morgan fingerprint density at radius 2 is 1.97 bits per heavy atom. The maximum atomic E-state index is 12.5. The summed E-state index contributed by atoms with van der Waals surface area (Å²) in [5.41, 5.74) is 0.851. The number of carbonyl (C=O) groups is 4. The van der Waals surface area contributed by atoms with Crippen LogP contribution < -0.4 is 10.6 Å². The van der Waals surface area contributed by atoms with Gasteiger partial charge in [-0.1, -0.05) is 0 Å². The molecule has 0 aliphatic carbocycles. The Labute approximate surface area is 167 Å². The first-order chi connectivity index (χ1) is 14.0. The standard InChI is InChI=1S/C20H21N3O6/c1-28-18(25)10-21-19(26)13-4-6-15(7-5-13)22-20(27)14-9-17(24)23(11-14)12-16-3-2-8-29-16/h2-8,14H,9-12H2,1H3,(H,21,26)(H,22,27). The van der Waals surface area contributed by atoms with Crippen molar-refractivity contribution in [2.24, 2.45) is 5.92 Å². The minimum atomic E-state index is -0.547. The third-order valence-corrected chi connectivity index (χ3v) is 4.55. The zero-order chi connectivity index (χ0) is 20.8. The summed E-state index contributed by atoms with van der Waals surface area (Å²) in [5.74, 6) is -1.12. The van der Waals surface area contributed by atoms with E-state index in [1.807, 2.05) is 0 Å². The number of hydrogen-bond donors (Lipinski definition) is 2. The van der Waals surface area contributed by atoms with Gasteiger partial charge in [0.05, 0.1) is 25.8 Å². The number of anilines is 1. The lowest BCUT2D eigenvalue weighted by Gasteiger charge is -2.15. The smallest absolute Gasteiger partial charge is 0.325 e. The van der Waals surface area contributed by atoms with Crippen LogP contribution in [0.4, 0.5) is 5.69 Å². The summed E-state index contributed by atoms with van der Waals surface area (Å²) in [6, 6.07) is 9.77. The van der Waals surface area contributed by atoms with Crippen molar-refractivity contribution in [2.45, 2.75) is 13.0 Å². The molecule has 1 atom stereocenters. The fourth-order valence-electron chi connectivity index (χ4n) is 2.97. The Balaban J connectivity index is 1.52. The van der Waals surface area contributed by atoms with Crippen molar-refractivity contribution in [3.05, 3.63) is 54.0 Å². The lowest BCUT2D eigenvalue weighted by Crippen LogP contribution is -2.30. The summed E-state index contributed by atoms with van der Waals surface area (Å²) in [7, 11) is 1.24. The van der Waals surface area contributed by atoms with E-state index >= 15 is 0 Å². The number of carbonyl (C=O) groups excluding carboxylic acids is 4. The minimum absolute atomic E-state index is 0.0980. The Hall–Kier alpha value is -3.62. The minimum Gasteiger partial charge on any atom is -0.468 e. The van der Waals surface area contributed by atoms with Gasteiger partial charge in [0, 0.05) is 24.2 Å². The largest absolute Gasteiger partial charge is 0.468 e. The van der Waals surface area contributed by atoms with Crippen molar-refractivity contribution in [1.29, 1.82) is 0 Å². The third kappa shape index (κ3) is 5.22. The van der Waals surface area contributed by atoms with Crippen molar-refractivity contribution >= 4 is 29.4 Å². The topological polar surface area (TPSA) is 118 Å². The number of benzene rings is 1. The van der Waals surface area contributed by atoms with Gasteiger partial charge in [0.15, 0.2) is 0 Å². The number of likely N-dealkylation sites (tertiary alicyclic amines) is 1. The van der Waals surface area contributed by atoms with E-state index in [1.54, 1.807) is 35.4 Å². The SMILES string of the molecule is COC(=O)CNC(=O)c1ccc(NC(=O)C2CC(=O)N(Cc3ccco3)C2)cc1. The molecule has 2 aromatic rings. The molecule has 1 fully saturated rings. The van der Waals surface area contributed by atoms with E-state index in [-0.39, 0.29) is 24.8 Å². The highest BCUT2D eigenvalue weighted by atomic mass is 16.5. The zero-order valence-corrected chi connectivity index (χ0v) is 15.8. The Bertz CT molecular complexity index is 891. The van der Waals surface area contributed by atoms with Crippen molar-refractivity contribution in [3.63, 3.8) is 0 Å². The molecule has 2 N–H and O–H groups in total. The van der Waals surface area contributed by atoms with E-state index in [0.717, 1.165) is 0 Å². The molecule has 2 heterocycles. The van der Waals surface area contributed by atoms with Gasteiger partial charge in [0.1, 0.15) is 12.3 Å². The molecule has 29 heavy (non-hydrogen) atoms. The number of esters is 1. The first kappa shape index (κ1) is 20.1. The van der Waals surface area contributed by atoms with Crippen molar-refractivity contribution in [3.8, 4) is 0 Å². The van der Waals surface area contributed by atoms with Gasteiger partial charge in [-0.15, -0.1) is 0 Å². The quantitative estimate of drug-likeness (QED) is 0.675. The summed E-state index contributed by atoms with van der Waals surface area (Å²) < 4.78 is 9.71. The van der Waals surface area contributed by atoms with Crippen LogP contribution in [-0.4, -0.2) is 48.8 Å². The van der Waals surface area contributed by atoms with Crippen LogP contribution in [0.1, 0.15) is 22.5 Å². The number of furan rings is 1. The molecule has 1 saturated heterocycles. The normalized spacial score (nSPS) is 15.8. The maximum Gasteiger partial charge on any atom is 0.325 e. The third-order valence-electron chi connectivity index (χ3n) is 4.55. The van der Waals surface area contributed by atoms with Crippen molar-refractivity contribution in [1.82, 2.24) is 10.2 Å². The molecular weight excluding hydrogens is 378 g/mol. The summed E-state index contributed by atoms with van der Waals surface area (Å²) in [6.45, 7) is 0.433. The average Bonchev–Trinajstić information content (AvgIpc) is 3.36. The highest BCUT2D eigenvalue weighted by Crippen LogP contribution is 2.22. The molecule has 0 radical (unpaired) electrons. The number of ether oxygens (including phenoxy) is 1. The number of amides is 3. The summed E-state index contributed by atoms with van der Waals surface area (Å²) in [5, 5.41) is 5.19. The lowest BCUT2D eigenvalue weighted by molar-refractivity contribution is -0.139. The van der Waals surface area contributed by atoms with Crippen molar-refractivity contribution in [2.75, 3.05) is 25.5 Å². The summed E-state index contributed by atoms with van der Waals surface area (Å²) >= 11 is 0. The van der Waals surface area contributed by atoms with Gasteiger partial charge < -0.3 is 24.7 Å². The van der Waals surface area contributed by atoms with Crippen LogP contribution >= 0.6 is 0 Å². The van der Waals surface area contributed by atoms with E-state index < -0.39 is 17.8 Å². The number of nitrogens with zero attached hydrogens (tertiary/aromatic N) is 1. The molecule has 1 aliphatic rings. The fourth-order valence-corrected chi connectivity index (χ4v) is 2.97. The number of rotatable bonds is 7. The molecule has 1 unspecified atom stereocenters. The number of methoxy groups -OCH3 is 1. The van der Waals surface area contributed by atoms with E-state index in [2.05, 4.69) is 15.4 Å². The number of hydrogen-bond acceptors (Lipinski definition) is 6. The molecular formula is C20H21N3O6. The first-order valence-electron chi connectivity index (χ1n) is 9.02. The molecule has 9 heteroatoms. The summed E-state index contributed by atoms with van der Waals surface area (Å²) in [6.07, 6.45) is 1.68. The van der Waals surface area contributed by atoms with Gasteiger partial charge in [-0.3, -0.25) is 19.2 Å². The second-order valence-electron chi connectivity index (χ2n) is 6.58. The second-order valence-corrected chi connectivity index (χ2v) is 6.58. The van der Waals surface area contributed by atoms with E-state index in [0.29, 0.717) is 30.1 Å². The van der Waals surface area contributed by atoms with Gasteiger partial charge in [0.25, 0.3) is 5.91 Å². The molecule has 0 spiro atoms. The molecule has 1 aromatic heterocycles. The predicted octanol–water partition coefficient (Wildman–Crippen LogP) is 1.17. The van der Waals surface area contributed by atoms with Gasteiger partial charge in [-0.05, 0) is 36.4 Å². The van der Waals surface area contributed by atoms with E-state index in [1.165, 1.54) is 19.2 Å². The highest BCUT2D eigenvalue weighted by molar-refractivity contribution is 5.99. The average molecular weight is 399 g/mol. The van der Waals surface area contributed by atoms with Gasteiger partial charge in [-0.25, -0.2) is 0 Å². The number of nitrogens with one attached hydrogen (secondary N) is 2. The van der Waals surface area contributed by atoms with Crippen LogP contribution in [0.25, 0.3) is 0 Å². The second kappa shape index (κ2) is 9.05. The Kier molecular flexibility index (Phi) is 6.28. The van der Waals surface area contributed by atoms with Crippen LogP contribution in [0, 0.1) is 5.92 Å². The lowest BCUT2D eigenvalue weighted by atomic mass is 10.1. The van der Waals surface area contributed by atoms with Crippen molar-refractivity contribution < 1.29 is 28.3 Å². The fraction of sp³-hybridized carbons (Fsp3) is 0.300. The zero-order valence-electron chi connectivity index (χ0n) is 15.8. The van der Waals surface area contributed by atoms with Gasteiger partial charge in [0.2, 0.25) is 11.8 Å². The highest BCUT2D eigenvalue weighted by Gasteiger charge is 2.34. The molecule has 3 rings (SSSR count). The van der Waals surface area contributed by atoms with Crippen LogP contribution in [-0.2, 0) is 25.7 Å². The summed E-state index contributed by atoms with van der Waals surface area (Å²) in [4.78, 5) is 49.3.